The number of amides is 2. The number of nitrogens with zero attached hydrogens (tertiary/aromatic N) is 5. The zero-order chi connectivity index (χ0) is 16.1. The van der Waals surface area contributed by atoms with E-state index < -0.39 is 0 Å². The van der Waals surface area contributed by atoms with Crippen LogP contribution in [0, 0.1) is 0 Å². The number of hydrogen-bond donors (Lipinski definition) is 1. The fraction of sp³-hybridized carbons (Fsp3) is 0.800. The fourth-order valence-electron chi connectivity index (χ4n) is 3.23. The Morgan fingerprint density at radius 3 is 2.91 bits per heavy atom. The van der Waals surface area contributed by atoms with Gasteiger partial charge in [-0.1, -0.05) is 5.21 Å². The van der Waals surface area contributed by atoms with E-state index in [0.717, 1.165) is 58.8 Å². The first-order valence-electron chi connectivity index (χ1n) is 8.54. The number of nitrogens with one attached hydrogen (secondary N) is 1. The lowest BCUT2D eigenvalue weighted by Gasteiger charge is -2.39. The molecule has 3 heterocycles. The summed E-state index contributed by atoms with van der Waals surface area (Å²) in [5, 5.41) is 10.8. The molecule has 0 aromatic carbocycles. The van der Waals surface area contributed by atoms with Crippen molar-refractivity contribution in [2.75, 3.05) is 44.7 Å². The molecule has 2 saturated heterocycles. The SMILES string of the molecule is CCn1cc(NC(=O)N2CCCC[C@H]2CN2CCOCC2)nn1. The maximum Gasteiger partial charge on any atom is 0.323 e. The highest BCUT2D eigenvalue weighted by molar-refractivity contribution is 5.88. The molecule has 0 bridgehead atoms. The number of rotatable bonds is 4. The Morgan fingerprint density at radius 1 is 1.35 bits per heavy atom. The van der Waals surface area contributed by atoms with Gasteiger partial charge >= 0.3 is 6.03 Å². The normalized spacial score (nSPS) is 23.0. The first kappa shape index (κ1) is 16.2. The Hall–Kier alpha value is -1.67. The summed E-state index contributed by atoms with van der Waals surface area (Å²) in [6.45, 7) is 7.96. The van der Waals surface area contributed by atoms with Gasteiger partial charge in [-0.2, -0.15) is 0 Å². The molecule has 0 spiro atoms. The van der Waals surface area contributed by atoms with Gasteiger partial charge in [-0.3, -0.25) is 14.9 Å². The van der Waals surface area contributed by atoms with Gasteiger partial charge in [0.1, 0.15) is 0 Å². The predicted molar refractivity (Wildman–Crippen MR) is 86.3 cm³/mol. The first-order valence-corrected chi connectivity index (χ1v) is 8.54. The lowest BCUT2D eigenvalue weighted by molar-refractivity contribution is 0.0229. The standard InChI is InChI=1S/C15H26N6O2/c1-2-20-12-14(17-18-20)16-15(22)21-6-4-3-5-13(21)11-19-7-9-23-10-8-19/h12-13H,2-11H2,1H3,(H,16,22)/t13-/m0/s1. The minimum Gasteiger partial charge on any atom is -0.379 e. The topological polar surface area (TPSA) is 75.5 Å². The predicted octanol–water partition coefficient (Wildman–Crippen LogP) is 1.02. The number of piperidine rings is 1. The number of carbonyl (C=O) groups excluding carboxylic acids is 1. The molecule has 1 N–H and O–H groups in total. The van der Waals surface area contributed by atoms with E-state index in [1.807, 2.05) is 11.8 Å². The number of morpholine rings is 1. The summed E-state index contributed by atoms with van der Waals surface area (Å²) < 4.78 is 7.11. The molecule has 2 aliphatic heterocycles. The molecule has 1 aromatic heterocycles. The number of likely N-dealkylation sites (tertiary alicyclic amines) is 1. The van der Waals surface area contributed by atoms with E-state index in [1.165, 1.54) is 6.42 Å². The van der Waals surface area contributed by atoms with Gasteiger partial charge in [0, 0.05) is 38.8 Å². The highest BCUT2D eigenvalue weighted by Crippen LogP contribution is 2.19. The number of ether oxygens (including phenoxy) is 1. The van der Waals surface area contributed by atoms with Gasteiger partial charge in [0.05, 0.1) is 19.4 Å². The van der Waals surface area contributed by atoms with Crippen LogP contribution < -0.4 is 5.32 Å². The number of aromatic nitrogens is 3. The van der Waals surface area contributed by atoms with Crippen molar-refractivity contribution in [2.45, 2.75) is 38.8 Å². The third kappa shape index (κ3) is 4.20. The quantitative estimate of drug-likeness (QED) is 0.895. The summed E-state index contributed by atoms with van der Waals surface area (Å²) in [7, 11) is 0. The molecule has 1 atom stereocenters. The van der Waals surface area contributed by atoms with Crippen LogP contribution in [0.4, 0.5) is 10.6 Å². The molecule has 0 unspecified atom stereocenters. The molecular weight excluding hydrogens is 296 g/mol. The lowest BCUT2D eigenvalue weighted by Crippen LogP contribution is -2.52. The third-order valence-corrected chi connectivity index (χ3v) is 4.56. The summed E-state index contributed by atoms with van der Waals surface area (Å²) >= 11 is 0. The van der Waals surface area contributed by atoms with Crippen LogP contribution in [-0.4, -0.2) is 76.3 Å². The zero-order valence-corrected chi connectivity index (χ0v) is 13.8. The van der Waals surface area contributed by atoms with Crippen LogP contribution in [0.15, 0.2) is 6.20 Å². The minimum absolute atomic E-state index is 0.0638. The summed E-state index contributed by atoms with van der Waals surface area (Å²) in [6.07, 6.45) is 5.07. The van der Waals surface area contributed by atoms with Crippen molar-refractivity contribution in [3.63, 3.8) is 0 Å². The first-order chi connectivity index (χ1) is 11.3. The second-order valence-electron chi connectivity index (χ2n) is 6.15. The Bertz CT molecular complexity index is 514. The molecule has 8 nitrogen and oxygen atoms in total. The van der Waals surface area contributed by atoms with Crippen LogP contribution in [0.5, 0.6) is 0 Å². The summed E-state index contributed by atoms with van der Waals surface area (Å²) in [4.78, 5) is 17.0. The molecule has 1 aromatic rings. The second-order valence-corrected chi connectivity index (χ2v) is 6.15. The molecule has 8 heteroatoms. The van der Waals surface area contributed by atoms with Crippen molar-refractivity contribution in [3.05, 3.63) is 6.20 Å². The van der Waals surface area contributed by atoms with Gasteiger partial charge in [0.2, 0.25) is 0 Å². The number of hydrogen-bond acceptors (Lipinski definition) is 5. The largest absolute Gasteiger partial charge is 0.379 e. The molecule has 2 amide bonds. The van der Waals surface area contributed by atoms with E-state index in [2.05, 4.69) is 20.5 Å². The van der Waals surface area contributed by atoms with Crippen molar-refractivity contribution in [3.8, 4) is 0 Å². The summed E-state index contributed by atoms with van der Waals surface area (Å²) in [6, 6.07) is 0.203. The summed E-state index contributed by atoms with van der Waals surface area (Å²) in [5.41, 5.74) is 0. The molecular formula is C15H26N6O2. The van der Waals surface area contributed by atoms with Gasteiger partial charge in [-0.25, -0.2) is 4.79 Å². The van der Waals surface area contributed by atoms with E-state index in [1.54, 1.807) is 10.9 Å². The number of urea groups is 1. The van der Waals surface area contributed by atoms with Gasteiger partial charge in [-0.05, 0) is 26.2 Å². The average Bonchev–Trinajstić information content (AvgIpc) is 3.04. The molecule has 0 radical (unpaired) electrons. The Kier molecular flexibility index (Phi) is 5.45. The van der Waals surface area contributed by atoms with Crippen LogP contribution in [0.2, 0.25) is 0 Å². The Labute approximate surface area is 136 Å². The fourth-order valence-corrected chi connectivity index (χ4v) is 3.23. The van der Waals surface area contributed by atoms with Crippen molar-refractivity contribution in [1.82, 2.24) is 24.8 Å². The van der Waals surface area contributed by atoms with Crippen molar-refractivity contribution < 1.29 is 9.53 Å². The van der Waals surface area contributed by atoms with Gasteiger partial charge in [0.25, 0.3) is 0 Å². The van der Waals surface area contributed by atoms with Crippen LogP contribution in [0.3, 0.4) is 0 Å². The van der Waals surface area contributed by atoms with Crippen molar-refractivity contribution >= 4 is 11.8 Å². The van der Waals surface area contributed by atoms with Crippen LogP contribution in [0.25, 0.3) is 0 Å². The van der Waals surface area contributed by atoms with Crippen molar-refractivity contribution in [2.24, 2.45) is 0 Å². The van der Waals surface area contributed by atoms with Gasteiger partial charge in [0.15, 0.2) is 5.82 Å². The molecule has 2 fully saturated rings. The molecule has 0 saturated carbocycles. The summed E-state index contributed by atoms with van der Waals surface area (Å²) in [5.74, 6) is 0.521. The smallest absolute Gasteiger partial charge is 0.323 e. The zero-order valence-electron chi connectivity index (χ0n) is 13.8. The third-order valence-electron chi connectivity index (χ3n) is 4.56. The van der Waals surface area contributed by atoms with E-state index in [-0.39, 0.29) is 12.1 Å². The van der Waals surface area contributed by atoms with Crippen LogP contribution in [-0.2, 0) is 11.3 Å². The highest BCUT2D eigenvalue weighted by atomic mass is 16.5. The molecule has 23 heavy (non-hydrogen) atoms. The van der Waals surface area contributed by atoms with Gasteiger partial charge in [-0.15, -0.1) is 5.10 Å². The second kappa shape index (κ2) is 7.74. The Balaban J connectivity index is 1.59. The Morgan fingerprint density at radius 2 is 2.17 bits per heavy atom. The van der Waals surface area contributed by atoms with E-state index in [4.69, 9.17) is 4.74 Å². The van der Waals surface area contributed by atoms with Crippen LogP contribution in [0.1, 0.15) is 26.2 Å². The van der Waals surface area contributed by atoms with E-state index >= 15 is 0 Å². The van der Waals surface area contributed by atoms with Gasteiger partial charge < -0.3 is 9.64 Å². The maximum absolute atomic E-state index is 12.6. The van der Waals surface area contributed by atoms with Crippen molar-refractivity contribution in [1.29, 1.82) is 0 Å². The number of aryl methyl sites for hydroxylation is 1. The maximum atomic E-state index is 12.6. The molecule has 128 valence electrons. The number of anilines is 1. The highest BCUT2D eigenvalue weighted by Gasteiger charge is 2.29. The molecule has 3 rings (SSSR count). The monoisotopic (exact) mass is 322 g/mol. The van der Waals surface area contributed by atoms with Crippen LogP contribution >= 0.6 is 0 Å². The average molecular weight is 322 g/mol. The molecule has 2 aliphatic rings. The molecule has 0 aliphatic carbocycles. The lowest BCUT2D eigenvalue weighted by atomic mass is 10.0. The minimum atomic E-state index is -0.0638. The van der Waals surface area contributed by atoms with E-state index in [9.17, 15) is 4.79 Å². The number of carbonyl (C=O) groups is 1. The van der Waals surface area contributed by atoms with E-state index in [0.29, 0.717) is 5.82 Å².